The molecule has 5 nitrogen and oxygen atoms in total. The Morgan fingerprint density at radius 2 is 1.71 bits per heavy atom. The number of aryl methyl sites for hydroxylation is 1. The second kappa shape index (κ2) is 9.86. The van der Waals surface area contributed by atoms with Crippen molar-refractivity contribution in [1.29, 1.82) is 0 Å². The van der Waals surface area contributed by atoms with E-state index in [4.69, 9.17) is 32.0 Å². The van der Waals surface area contributed by atoms with Gasteiger partial charge in [0.05, 0.1) is 0 Å². The standard InChI is InChI=1S/C31H20Cl2N2O3/c1-18-8-9-19(16-26(18)33)28-14-11-21(37-28)12-15-30(36)34-20-10-13-29-27(17-20)35-31(38-29)24-6-2-5-23-22(24)4-3-7-25(23)32/h2-17H,1H3,(H,34,36)/b15-12+. The first-order chi connectivity index (χ1) is 18.4. The molecule has 0 aliphatic rings. The Balaban J connectivity index is 1.19. The number of carbonyl (C=O) groups excluding carboxylic acids is 1. The Bertz CT molecular complexity index is 1870. The number of fused-ring (bicyclic) bond motifs is 2. The van der Waals surface area contributed by atoms with Crippen molar-refractivity contribution in [3.63, 3.8) is 0 Å². The fourth-order valence-electron chi connectivity index (χ4n) is 4.26. The molecule has 0 bridgehead atoms. The molecule has 7 heteroatoms. The maximum atomic E-state index is 12.6. The lowest BCUT2D eigenvalue weighted by Crippen LogP contribution is -2.07. The zero-order valence-electron chi connectivity index (χ0n) is 20.2. The first-order valence-corrected chi connectivity index (χ1v) is 12.6. The second-order valence-electron chi connectivity index (χ2n) is 8.83. The molecule has 1 N–H and O–H groups in total. The highest BCUT2D eigenvalue weighted by atomic mass is 35.5. The Morgan fingerprint density at radius 3 is 2.58 bits per heavy atom. The summed E-state index contributed by atoms with van der Waals surface area (Å²) in [5.74, 6) is 1.42. The SMILES string of the molecule is Cc1ccc(-c2ccc(/C=C/C(=O)Nc3ccc4oc(-c5cccc6c(Cl)cccc56)nc4c3)o2)cc1Cl. The molecule has 0 spiro atoms. The number of benzene rings is 4. The number of hydrogen-bond donors (Lipinski definition) is 1. The number of carbonyl (C=O) groups is 1. The summed E-state index contributed by atoms with van der Waals surface area (Å²) in [6.45, 7) is 1.95. The monoisotopic (exact) mass is 538 g/mol. The van der Waals surface area contributed by atoms with Crippen LogP contribution in [-0.4, -0.2) is 10.9 Å². The van der Waals surface area contributed by atoms with Gasteiger partial charge in [0.25, 0.3) is 0 Å². The number of rotatable bonds is 5. The van der Waals surface area contributed by atoms with Crippen LogP contribution in [0.4, 0.5) is 5.69 Å². The molecule has 0 saturated heterocycles. The fourth-order valence-corrected chi connectivity index (χ4v) is 4.68. The Kier molecular flexibility index (Phi) is 6.24. The van der Waals surface area contributed by atoms with Crippen molar-refractivity contribution in [2.45, 2.75) is 6.92 Å². The zero-order chi connectivity index (χ0) is 26.2. The van der Waals surface area contributed by atoms with Crippen LogP contribution in [0.2, 0.25) is 10.0 Å². The summed E-state index contributed by atoms with van der Waals surface area (Å²) in [5.41, 5.74) is 4.57. The molecular weight excluding hydrogens is 519 g/mol. The molecule has 6 rings (SSSR count). The molecule has 6 aromatic rings. The van der Waals surface area contributed by atoms with Crippen LogP contribution >= 0.6 is 23.2 Å². The number of nitrogens with one attached hydrogen (secondary N) is 1. The molecule has 0 fully saturated rings. The molecule has 0 atom stereocenters. The highest BCUT2D eigenvalue weighted by molar-refractivity contribution is 6.35. The molecule has 0 aliphatic carbocycles. The minimum Gasteiger partial charge on any atom is -0.457 e. The van der Waals surface area contributed by atoms with Crippen LogP contribution in [0.15, 0.2) is 99.8 Å². The normalized spacial score (nSPS) is 11.6. The lowest BCUT2D eigenvalue weighted by molar-refractivity contribution is -0.111. The molecule has 4 aromatic carbocycles. The molecule has 0 radical (unpaired) electrons. The number of amides is 1. The number of nitrogens with zero attached hydrogens (tertiary/aromatic N) is 1. The van der Waals surface area contributed by atoms with Gasteiger partial charge in [0, 0.05) is 38.3 Å². The topological polar surface area (TPSA) is 68.3 Å². The van der Waals surface area contributed by atoms with Crippen LogP contribution in [0, 0.1) is 6.92 Å². The number of anilines is 1. The number of hydrogen-bond acceptors (Lipinski definition) is 4. The maximum absolute atomic E-state index is 12.6. The van der Waals surface area contributed by atoms with Gasteiger partial charge in [-0.1, -0.05) is 59.6 Å². The predicted octanol–water partition coefficient (Wildman–Crippen LogP) is 9.18. The van der Waals surface area contributed by atoms with E-state index in [-0.39, 0.29) is 5.91 Å². The molecule has 38 heavy (non-hydrogen) atoms. The third-order valence-corrected chi connectivity index (χ3v) is 6.97. The molecule has 0 saturated carbocycles. The Labute approximate surface area is 228 Å². The maximum Gasteiger partial charge on any atom is 0.248 e. The van der Waals surface area contributed by atoms with E-state index in [1.807, 2.05) is 67.6 Å². The predicted molar refractivity (Wildman–Crippen MR) is 154 cm³/mol. The van der Waals surface area contributed by atoms with Crippen molar-refractivity contribution in [2.24, 2.45) is 0 Å². The third kappa shape index (κ3) is 4.70. The third-order valence-electron chi connectivity index (χ3n) is 6.24. The van der Waals surface area contributed by atoms with Gasteiger partial charge in [-0.15, -0.1) is 0 Å². The van der Waals surface area contributed by atoms with E-state index in [1.165, 1.54) is 6.08 Å². The lowest BCUT2D eigenvalue weighted by atomic mass is 10.0. The van der Waals surface area contributed by atoms with Crippen LogP contribution < -0.4 is 5.32 Å². The van der Waals surface area contributed by atoms with Crippen molar-refractivity contribution in [1.82, 2.24) is 4.98 Å². The Morgan fingerprint density at radius 1 is 0.868 bits per heavy atom. The van der Waals surface area contributed by atoms with Gasteiger partial charge in [-0.2, -0.15) is 0 Å². The van der Waals surface area contributed by atoms with Gasteiger partial charge < -0.3 is 14.2 Å². The number of furan rings is 1. The molecule has 1 amide bonds. The van der Waals surface area contributed by atoms with Gasteiger partial charge in [-0.25, -0.2) is 4.98 Å². The molecule has 186 valence electrons. The van der Waals surface area contributed by atoms with E-state index in [9.17, 15) is 4.79 Å². The summed E-state index contributed by atoms with van der Waals surface area (Å²) in [5, 5.41) is 6.09. The van der Waals surface area contributed by atoms with Crippen molar-refractivity contribution in [3.8, 4) is 22.8 Å². The van der Waals surface area contributed by atoms with E-state index >= 15 is 0 Å². The van der Waals surface area contributed by atoms with Crippen LogP contribution in [0.25, 0.3) is 50.7 Å². The summed E-state index contributed by atoms with van der Waals surface area (Å²) in [7, 11) is 0. The zero-order valence-corrected chi connectivity index (χ0v) is 21.7. The highest BCUT2D eigenvalue weighted by Crippen LogP contribution is 2.34. The van der Waals surface area contributed by atoms with Crippen molar-refractivity contribution in [2.75, 3.05) is 5.32 Å². The first kappa shape index (κ1) is 24.0. The van der Waals surface area contributed by atoms with Gasteiger partial charge in [0.15, 0.2) is 5.58 Å². The van der Waals surface area contributed by atoms with E-state index in [2.05, 4.69) is 10.3 Å². The van der Waals surface area contributed by atoms with Gasteiger partial charge in [0.2, 0.25) is 11.8 Å². The van der Waals surface area contributed by atoms with Crippen LogP contribution in [0.3, 0.4) is 0 Å². The average Bonchev–Trinajstić information content (AvgIpc) is 3.56. The minimum atomic E-state index is -0.298. The fraction of sp³-hybridized carbons (Fsp3) is 0.0323. The van der Waals surface area contributed by atoms with Crippen molar-refractivity contribution in [3.05, 3.63) is 112 Å². The largest absolute Gasteiger partial charge is 0.457 e. The molecule has 2 heterocycles. The van der Waals surface area contributed by atoms with Gasteiger partial charge in [-0.3, -0.25) is 4.79 Å². The summed E-state index contributed by atoms with van der Waals surface area (Å²) < 4.78 is 11.9. The van der Waals surface area contributed by atoms with Crippen LogP contribution in [0.1, 0.15) is 11.3 Å². The van der Waals surface area contributed by atoms with E-state index < -0.39 is 0 Å². The molecular formula is C31H20Cl2N2O3. The highest BCUT2D eigenvalue weighted by Gasteiger charge is 2.13. The quantitative estimate of drug-likeness (QED) is 0.222. The van der Waals surface area contributed by atoms with Gasteiger partial charge in [-0.05, 0) is 72.5 Å². The van der Waals surface area contributed by atoms with E-state index in [1.54, 1.807) is 30.3 Å². The molecule has 0 unspecified atom stereocenters. The van der Waals surface area contributed by atoms with Crippen LogP contribution in [0.5, 0.6) is 0 Å². The summed E-state index contributed by atoms with van der Waals surface area (Å²) in [6, 6.07) is 26.3. The van der Waals surface area contributed by atoms with Gasteiger partial charge >= 0.3 is 0 Å². The smallest absolute Gasteiger partial charge is 0.248 e. The average molecular weight is 539 g/mol. The van der Waals surface area contributed by atoms with Crippen LogP contribution in [-0.2, 0) is 4.79 Å². The van der Waals surface area contributed by atoms with Crippen molar-refractivity contribution < 1.29 is 13.6 Å². The molecule has 2 aromatic heterocycles. The summed E-state index contributed by atoms with van der Waals surface area (Å²) in [6.07, 6.45) is 3.04. The lowest BCUT2D eigenvalue weighted by Gasteiger charge is -2.04. The number of oxazole rings is 1. The van der Waals surface area contributed by atoms with E-state index in [0.717, 1.165) is 27.5 Å². The van der Waals surface area contributed by atoms with Gasteiger partial charge in [0.1, 0.15) is 17.0 Å². The second-order valence-corrected chi connectivity index (χ2v) is 9.65. The number of aromatic nitrogens is 1. The van der Waals surface area contributed by atoms with E-state index in [0.29, 0.717) is 44.2 Å². The minimum absolute atomic E-state index is 0.298. The summed E-state index contributed by atoms with van der Waals surface area (Å²) >= 11 is 12.6. The number of halogens is 2. The Hall–Kier alpha value is -4.32. The first-order valence-electron chi connectivity index (χ1n) is 11.9. The molecule has 0 aliphatic heterocycles. The summed E-state index contributed by atoms with van der Waals surface area (Å²) in [4.78, 5) is 17.2. The van der Waals surface area contributed by atoms with Crippen molar-refractivity contribution >= 4 is 62.7 Å².